The first-order valence-electron chi connectivity index (χ1n) is 8.00. The number of amides is 1. The molecule has 0 heterocycles. The Bertz CT molecular complexity index is 670. The van der Waals surface area contributed by atoms with E-state index in [0.29, 0.717) is 11.3 Å². The lowest BCUT2D eigenvalue weighted by atomic mass is 9.95. The highest BCUT2D eigenvalue weighted by Gasteiger charge is 2.18. The maximum absolute atomic E-state index is 12.2. The van der Waals surface area contributed by atoms with Crippen LogP contribution in [0.4, 0.5) is 5.69 Å². The third-order valence-corrected chi connectivity index (χ3v) is 4.01. The minimum absolute atomic E-state index is 0.0276. The van der Waals surface area contributed by atoms with Crippen LogP contribution in [0.5, 0.6) is 0 Å². The minimum atomic E-state index is -0.489. The summed E-state index contributed by atoms with van der Waals surface area (Å²) in [6.07, 6.45) is 6.60. The normalized spacial score (nSPS) is 15.2. The summed E-state index contributed by atoms with van der Waals surface area (Å²) in [5.41, 5.74) is 0.782. The molecule has 0 saturated heterocycles. The summed E-state index contributed by atoms with van der Waals surface area (Å²) in [6.45, 7) is 0. The number of nitrogens with zero attached hydrogens (tertiary/aromatic N) is 1. The second-order valence-electron chi connectivity index (χ2n) is 5.66. The first-order valence-corrected chi connectivity index (χ1v) is 8.00. The molecule has 0 radical (unpaired) electrons. The van der Waals surface area contributed by atoms with E-state index in [1.165, 1.54) is 19.7 Å². The highest BCUT2D eigenvalue weighted by molar-refractivity contribution is 5.99. The number of rotatable bonds is 5. The van der Waals surface area contributed by atoms with Crippen molar-refractivity contribution in [3.8, 4) is 6.07 Å². The van der Waals surface area contributed by atoms with Crippen molar-refractivity contribution in [3.05, 3.63) is 41.6 Å². The van der Waals surface area contributed by atoms with E-state index in [9.17, 15) is 14.9 Å². The highest BCUT2D eigenvalue weighted by Crippen LogP contribution is 2.18. The number of esters is 1. The number of benzene rings is 1. The molecule has 1 fully saturated rings. The monoisotopic (exact) mass is 327 g/mol. The quantitative estimate of drug-likeness (QED) is 0.493. The Labute approximate surface area is 141 Å². The summed E-state index contributed by atoms with van der Waals surface area (Å²) in [5, 5.41) is 15.0. The fourth-order valence-electron chi connectivity index (χ4n) is 2.71. The first kappa shape index (κ1) is 17.5. The largest absolute Gasteiger partial charge is 0.465 e. The van der Waals surface area contributed by atoms with Gasteiger partial charge in [0, 0.05) is 12.2 Å². The van der Waals surface area contributed by atoms with Gasteiger partial charge in [-0.1, -0.05) is 31.4 Å². The highest BCUT2D eigenvalue weighted by atomic mass is 16.5. The Hall–Kier alpha value is -2.81. The Morgan fingerprint density at radius 1 is 1.25 bits per heavy atom. The molecule has 6 heteroatoms. The molecule has 1 aliphatic rings. The molecular weight excluding hydrogens is 306 g/mol. The molecule has 0 spiro atoms. The van der Waals surface area contributed by atoms with E-state index in [-0.39, 0.29) is 11.6 Å². The Kier molecular flexibility index (Phi) is 6.38. The molecular formula is C18H21N3O3. The molecule has 126 valence electrons. The average molecular weight is 327 g/mol. The third kappa shape index (κ3) is 4.59. The van der Waals surface area contributed by atoms with Crippen LogP contribution in [0.1, 0.15) is 42.5 Å². The molecule has 0 unspecified atom stereocenters. The number of para-hydroxylation sites is 1. The van der Waals surface area contributed by atoms with Crippen molar-refractivity contribution in [2.24, 2.45) is 0 Å². The van der Waals surface area contributed by atoms with Gasteiger partial charge in [0.25, 0.3) is 5.91 Å². The summed E-state index contributed by atoms with van der Waals surface area (Å²) >= 11 is 0. The molecule has 0 bridgehead atoms. The maximum Gasteiger partial charge on any atom is 0.339 e. The van der Waals surface area contributed by atoms with Crippen molar-refractivity contribution in [1.82, 2.24) is 5.32 Å². The molecule has 24 heavy (non-hydrogen) atoms. The van der Waals surface area contributed by atoms with Gasteiger partial charge in [-0.05, 0) is 25.0 Å². The van der Waals surface area contributed by atoms with Crippen LogP contribution in [-0.4, -0.2) is 25.0 Å². The van der Waals surface area contributed by atoms with Gasteiger partial charge in [0.05, 0.1) is 18.4 Å². The van der Waals surface area contributed by atoms with Crippen molar-refractivity contribution < 1.29 is 14.3 Å². The summed E-state index contributed by atoms with van der Waals surface area (Å²) in [7, 11) is 1.30. The Morgan fingerprint density at radius 3 is 2.62 bits per heavy atom. The van der Waals surface area contributed by atoms with Crippen LogP contribution in [0.2, 0.25) is 0 Å². The van der Waals surface area contributed by atoms with Crippen molar-refractivity contribution in [2.75, 3.05) is 12.4 Å². The summed E-state index contributed by atoms with van der Waals surface area (Å²) in [6, 6.07) is 8.77. The van der Waals surface area contributed by atoms with Crippen LogP contribution in [0.3, 0.4) is 0 Å². The first-order chi connectivity index (χ1) is 11.7. The van der Waals surface area contributed by atoms with E-state index in [0.717, 1.165) is 25.7 Å². The van der Waals surface area contributed by atoms with Crippen LogP contribution in [0.15, 0.2) is 36.0 Å². The fourth-order valence-corrected chi connectivity index (χ4v) is 2.71. The van der Waals surface area contributed by atoms with E-state index in [1.807, 2.05) is 6.07 Å². The summed E-state index contributed by atoms with van der Waals surface area (Å²) < 4.78 is 4.71. The lowest BCUT2D eigenvalue weighted by Gasteiger charge is -2.22. The molecule has 1 aromatic rings. The molecule has 2 rings (SSSR count). The number of ether oxygens (including phenoxy) is 1. The molecule has 0 aromatic heterocycles. The van der Waals surface area contributed by atoms with Crippen LogP contribution < -0.4 is 10.6 Å². The van der Waals surface area contributed by atoms with Gasteiger partial charge in [0.15, 0.2) is 0 Å². The minimum Gasteiger partial charge on any atom is -0.465 e. The van der Waals surface area contributed by atoms with Gasteiger partial charge >= 0.3 is 5.97 Å². The summed E-state index contributed by atoms with van der Waals surface area (Å²) in [4.78, 5) is 23.9. The van der Waals surface area contributed by atoms with Gasteiger partial charge in [-0.15, -0.1) is 0 Å². The smallest absolute Gasteiger partial charge is 0.339 e. The standard InChI is InChI=1S/C18H21N3O3/c1-24-18(23)15-9-5-6-10-16(15)20-12-13(11-19)17(22)21-14-7-3-2-4-8-14/h5-6,9-10,12,14,20H,2-4,7-8H2,1H3,(H,21,22)/b13-12-. The number of carbonyl (C=O) groups excluding carboxylic acids is 2. The SMILES string of the molecule is COC(=O)c1ccccc1N/C=C(/C#N)C(=O)NC1CCCCC1. The zero-order valence-electron chi connectivity index (χ0n) is 13.7. The van der Waals surface area contributed by atoms with Crippen LogP contribution in [-0.2, 0) is 9.53 Å². The topological polar surface area (TPSA) is 91.2 Å². The molecule has 0 aliphatic heterocycles. The van der Waals surface area contributed by atoms with Crippen molar-refractivity contribution in [1.29, 1.82) is 5.26 Å². The second kappa shape index (κ2) is 8.73. The predicted molar refractivity (Wildman–Crippen MR) is 90.1 cm³/mol. The zero-order chi connectivity index (χ0) is 17.4. The Balaban J connectivity index is 2.07. The van der Waals surface area contributed by atoms with Gasteiger partial charge in [0.2, 0.25) is 0 Å². The molecule has 1 aromatic carbocycles. The van der Waals surface area contributed by atoms with E-state index in [1.54, 1.807) is 24.3 Å². The summed E-state index contributed by atoms with van der Waals surface area (Å²) in [5.74, 6) is -0.885. The lowest BCUT2D eigenvalue weighted by molar-refractivity contribution is -0.118. The van der Waals surface area contributed by atoms with E-state index in [2.05, 4.69) is 10.6 Å². The van der Waals surface area contributed by atoms with E-state index >= 15 is 0 Å². The lowest BCUT2D eigenvalue weighted by Crippen LogP contribution is -2.37. The van der Waals surface area contributed by atoms with Gasteiger partial charge in [-0.25, -0.2) is 4.79 Å². The number of anilines is 1. The van der Waals surface area contributed by atoms with E-state index in [4.69, 9.17) is 4.74 Å². The van der Waals surface area contributed by atoms with Gasteiger partial charge in [-0.2, -0.15) is 5.26 Å². The number of nitrogens with one attached hydrogen (secondary N) is 2. The third-order valence-electron chi connectivity index (χ3n) is 4.01. The van der Waals surface area contributed by atoms with Crippen molar-refractivity contribution in [2.45, 2.75) is 38.1 Å². The van der Waals surface area contributed by atoms with Crippen LogP contribution in [0.25, 0.3) is 0 Å². The van der Waals surface area contributed by atoms with E-state index < -0.39 is 11.9 Å². The van der Waals surface area contributed by atoms with Gasteiger partial charge < -0.3 is 15.4 Å². The molecule has 2 N–H and O–H groups in total. The average Bonchev–Trinajstić information content (AvgIpc) is 2.62. The molecule has 0 atom stereocenters. The number of hydrogen-bond acceptors (Lipinski definition) is 5. The predicted octanol–water partition coefficient (Wildman–Crippen LogP) is 2.74. The van der Waals surface area contributed by atoms with Crippen LogP contribution in [0, 0.1) is 11.3 Å². The molecule has 1 amide bonds. The van der Waals surface area contributed by atoms with Crippen molar-refractivity contribution in [3.63, 3.8) is 0 Å². The molecule has 1 saturated carbocycles. The number of carbonyl (C=O) groups is 2. The number of methoxy groups -OCH3 is 1. The second-order valence-corrected chi connectivity index (χ2v) is 5.66. The van der Waals surface area contributed by atoms with Crippen LogP contribution >= 0.6 is 0 Å². The number of nitriles is 1. The fraction of sp³-hybridized carbons (Fsp3) is 0.389. The maximum atomic E-state index is 12.2. The van der Waals surface area contributed by atoms with Gasteiger partial charge in [-0.3, -0.25) is 4.79 Å². The number of hydrogen-bond donors (Lipinski definition) is 2. The molecule has 6 nitrogen and oxygen atoms in total. The van der Waals surface area contributed by atoms with Crippen molar-refractivity contribution >= 4 is 17.6 Å². The Morgan fingerprint density at radius 2 is 1.96 bits per heavy atom. The zero-order valence-corrected chi connectivity index (χ0v) is 13.7. The van der Waals surface area contributed by atoms with Gasteiger partial charge in [0.1, 0.15) is 11.6 Å². The molecule has 1 aliphatic carbocycles.